The zero-order valence-corrected chi connectivity index (χ0v) is 16.4. The molecular weight excluding hydrogens is 338 g/mol. The molecule has 1 saturated heterocycles. The number of nitrogens with zero attached hydrogens (tertiary/aromatic N) is 3. The number of hydrogen-bond donors (Lipinski definition) is 0. The molecule has 144 valence electrons. The molecule has 2 aromatic rings. The number of amides is 1. The molecule has 5 heteroatoms. The maximum absolute atomic E-state index is 12.9. The Morgan fingerprint density at radius 2 is 2.00 bits per heavy atom. The van der Waals surface area contributed by atoms with Gasteiger partial charge in [-0.1, -0.05) is 37.3 Å². The van der Waals surface area contributed by atoms with Crippen LogP contribution in [0.25, 0.3) is 0 Å². The van der Waals surface area contributed by atoms with E-state index in [-0.39, 0.29) is 17.6 Å². The molecule has 1 atom stereocenters. The van der Waals surface area contributed by atoms with Gasteiger partial charge in [0, 0.05) is 37.7 Å². The number of ketones is 1. The molecule has 1 aromatic heterocycles. The van der Waals surface area contributed by atoms with Crippen molar-refractivity contribution in [1.82, 2.24) is 14.7 Å². The fourth-order valence-corrected chi connectivity index (χ4v) is 3.80. The minimum absolute atomic E-state index is 0.00964. The molecule has 1 amide bonds. The van der Waals surface area contributed by atoms with Gasteiger partial charge >= 0.3 is 0 Å². The summed E-state index contributed by atoms with van der Waals surface area (Å²) in [6.07, 6.45) is 5.74. The lowest BCUT2D eigenvalue weighted by Gasteiger charge is -2.32. The Balaban J connectivity index is 1.60. The summed E-state index contributed by atoms with van der Waals surface area (Å²) in [6.45, 7) is 6.12. The number of carbonyl (C=O) groups excluding carboxylic acids is 2. The molecule has 1 aliphatic heterocycles. The Morgan fingerprint density at radius 3 is 2.74 bits per heavy atom. The summed E-state index contributed by atoms with van der Waals surface area (Å²) in [6, 6.07) is 10.1. The highest BCUT2D eigenvalue weighted by atomic mass is 16.2. The van der Waals surface area contributed by atoms with Crippen LogP contribution in [0.4, 0.5) is 0 Å². The van der Waals surface area contributed by atoms with Crippen LogP contribution in [0, 0.1) is 12.8 Å². The van der Waals surface area contributed by atoms with Crippen LogP contribution in [0.5, 0.6) is 0 Å². The molecule has 0 radical (unpaired) electrons. The van der Waals surface area contributed by atoms with Gasteiger partial charge < -0.3 is 4.90 Å². The molecule has 1 aromatic carbocycles. The van der Waals surface area contributed by atoms with E-state index in [0.717, 1.165) is 44.5 Å². The van der Waals surface area contributed by atoms with Gasteiger partial charge in [0.2, 0.25) is 0 Å². The SMILES string of the molecule is CCCn1ncc(C(=O)N2CCC[C@H](C(=O)CCc3ccccc3)C2)c1C. The molecule has 1 fully saturated rings. The zero-order valence-electron chi connectivity index (χ0n) is 16.4. The highest BCUT2D eigenvalue weighted by molar-refractivity contribution is 5.95. The minimum atomic E-state index is -0.0441. The Bertz CT molecular complexity index is 782. The zero-order chi connectivity index (χ0) is 19.2. The molecule has 0 spiro atoms. The van der Waals surface area contributed by atoms with E-state index in [1.807, 2.05) is 34.7 Å². The highest BCUT2D eigenvalue weighted by Gasteiger charge is 2.29. The van der Waals surface area contributed by atoms with Crippen LogP contribution in [0.1, 0.15) is 54.2 Å². The van der Waals surface area contributed by atoms with Gasteiger partial charge in [0.25, 0.3) is 5.91 Å². The number of carbonyl (C=O) groups is 2. The van der Waals surface area contributed by atoms with E-state index >= 15 is 0 Å². The van der Waals surface area contributed by atoms with Crippen molar-refractivity contribution in [3.05, 3.63) is 53.3 Å². The third kappa shape index (κ3) is 4.65. The normalized spacial score (nSPS) is 17.1. The smallest absolute Gasteiger partial charge is 0.257 e. The van der Waals surface area contributed by atoms with Crippen LogP contribution in [-0.4, -0.2) is 39.5 Å². The first-order valence-electron chi connectivity index (χ1n) is 9.98. The molecule has 0 aliphatic carbocycles. The number of Topliss-reactive ketones (excluding diaryl/α,β-unsaturated/α-hetero) is 1. The van der Waals surface area contributed by atoms with Crippen LogP contribution in [0.3, 0.4) is 0 Å². The van der Waals surface area contributed by atoms with Gasteiger partial charge in [-0.3, -0.25) is 14.3 Å². The maximum Gasteiger partial charge on any atom is 0.257 e. The number of rotatable bonds is 7. The van der Waals surface area contributed by atoms with Gasteiger partial charge in [-0.05, 0) is 38.2 Å². The number of piperidine rings is 1. The van der Waals surface area contributed by atoms with Crippen LogP contribution < -0.4 is 0 Å². The summed E-state index contributed by atoms with van der Waals surface area (Å²) < 4.78 is 1.89. The van der Waals surface area contributed by atoms with Crippen molar-refractivity contribution in [2.24, 2.45) is 5.92 Å². The van der Waals surface area contributed by atoms with E-state index < -0.39 is 0 Å². The van der Waals surface area contributed by atoms with Gasteiger partial charge in [-0.25, -0.2) is 0 Å². The molecule has 2 heterocycles. The monoisotopic (exact) mass is 367 g/mol. The quantitative estimate of drug-likeness (QED) is 0.750. The van der Waals surface area contributed by atoms with Crippen molar-refractivity contribution >= 4 is 11.7 Å². The predicted molar refractivity (Wildman–Crippen MR) is 106 cm³/mol. The molecule has 3 rings (SSSR count). The van der Waals surface area contributed by atoms with Gasteiger partial charge in [0.1, 0.15) is 5.78 Å². The van der Waals surface area contributed by atoms with E-state index in [1.54, 1.807) is 6.20 Å². The summed E-state index contributed by atoms with van der Waals surface area (Å²) in [7, 11) is 0. The summed E-state index contributed by atoms with van der Waals surface area (Å²) >= 11 is 0. The number of likely N-dealkylation sites (tertiary alicyclic amines) is 1. The lowest BCUT2D eigenvalue weighted by atomic mass is 9.90. The van der Waals surface area contributed by atoms with E-state index in [0.29, 0.717) is 18.5 Å². The number of benzene rings is 1. The van der Waals surface area contributed by atoms with Crippen molar-refractivity contribution in [3.63, 3.8) is 0 Å². The van der Waals surface area contributed by atoms with Crippen molar-refractivity contribution in [3.8, 4) is 0 Å². The Kier molecular flexibility index (Phi) is 6.43. The number of aromatic nitrogens is 2. The lowest BCUT2D eigenvalue weighted by molar-refractivity contribution is -0.124. The summed E-state index contributed by atoms with van der Waals surface area (Å²) in [5, 5.41) is 4.34. The summed E-state index contributed by atoms with van der Waals surface area (Å²) in [5.74, 6) is 0.238. The molecule has 5 nitrogen and oxygen atoms in total. The number of hydrogen-bond acceptors (Lipinski definition) is 3. The van der Waals surface area contributed by atoms with Gasteiger partial charge in [-0.15, -0.1) is 0 Å². The average molecular weight is 367 g/mol. The first-order chi connectivity index (χ1) is 13.1. The van der Waals surface area contributed by atoms with Crippen LogP contribution in [0.2, 0.25) is 0 Å². The first-order valence-corrected chi connectivity index (χ1v) is 9.98. The first kappa shape index (κ1) is 19.3. The van der Waals surface area contributed by atoms with E-state index in [2.05, 4.69) is 24.2 Å². The Labute approximate surface area is 161 Å². The molecule has 0 unspecified atom stereocenters. The van der Waals surface area contributed by atoms with Crippen molar-refractivity contribution in [1.29, 1.82) is 0 Å². The predicted octanol–water partition coefficient (Wildman–Crippen LogP) is 3.66. The van der Waals surface area contributed by atoms with Crippen LogP contribution >= 0.6 is 0 Å². The van der Waals surface area contributed by atoms with E-state index in [9.17, 15) is 9.59 Å². The third-order valence-corrected chi connectivity index (χ3v) is 5.44. The molecule has 0 bridgehead atoms. The van der Waals surface area contributed by atoms with Crippen LogP contribution in [-0.2, 0) is 17.8 Å². The second-order valence-corrected chi connectivity index (χ2v) is 7.41. The summed E-state index contributed by atoms with van der Waals surface area (Å²) in [5.41, 5.74) is 2.77. The largest absolute Gasteiger partial charge is 0.338 e. The Hall–Kier alpha value is -2.43. The molecule has 1 aliphatic rings. The van der Waals surface area contributed by atoms with Gasteiger partial charge in [0.15, 0.2) is 0 Å². The molecule has 0 saturated carbocycles. The summed E-state index contributed by atoms with van der Waals surface area (Å²) in [4.78, 5) is 27.5. The topological polar surface area (TPSA) is 55.2 Å². The highest BCUT2D eigenvalue weighted by Crippen LogP contribution is 2.22. The van der Waals surface area contributed by atoms with Crippen LogP contribution in [0.15, 0.2) is 36.5 Å². The van der Waals surface area contributed by atoms with Gasteiger partial charge in [-0.2, -0.15) is 5.10 Å². The fraction of sp³-hybridized carbons (Fsp3) is 0.500. The maximum atomic E-state index is 12.9. The molecule has 27 heavy (non-hydrogen) atoms. The fourth-order valence-electron chi connectivity index (χ4n) is 3.80. The van der Waals surface area contributed by atoms with Gasteiger partial charge in [0.05, 0.1) is 11.8 Å². The van der Waals surface area contributed by atoms with Crippen molar-refractivity contribution in [2.75, 3.05) is 13.1 Å². The minimum Gasteiger partial charge on any atom is -0.338 e. The second-order valence-electron chi connectivity index (χ2n) is 7.41. The van der Waals surface area contributed by atoms with E-state index in [1.165, 1.54) is 5.56 Å². The lowest BCUT2D eigenvalue weighted by Crippen LogP contribution is -2.42. The van der Waals surface area contributed by atoms with E-state index in [4.69, 9.17) is 0 Å². The standard InChI is InChI=1S/C22H29N3O2/c1-3-13-25-17(2)20(15-23-25)22(27)24-14-7-10-19(16-24)21(26)12-11-18-8-5-4-6-9-18/h4-6,8-9,15,19H,3,7,10-14,16H2,1-2H3/t19-/m0/s1. The van der Waals surface area contributed by atoms with Crippen molar-refractivity contribution in [2.45, 2.75) is 52.5 Å². The third-order valence-electron chi connectivity index (χ3n) is 5.44. The average Bonchev–Trinajstić information content (AvgIpc) is 3.07. The van der Waals surface area contributed by atoms with Crippen molar-refractivity contribution < 1.29 is 9.59 Å². The molecule has 0 N–H and O–H groups in total. The Morgan fingerprint density at radius 1 is 1.22 bits per heavy atom. The second kappa shape index (κ2) is 8.98. The number of aryl methyl sites for hydroxylation is 2. The molecular formula is C22H29N3O2.